The predicted octanol–water partition coefficient (Wildman–Crippen LogP) is 1.83. The summed E-state index contributed by atoms with van der Waals surface area (Å²) in [7, 11) is -1.86. The molecule has 2 aromatic rings. The summed E-state index contributed by atoms with van der Waals surface area (Å²) in [6, 6.07) is 4.04. The number of halogens is 1. The summed E-state index contributed by atoms with van der Waals surface area (Å²) >= 11 is 0. The molecule has 0 amide bonds. The van der Waals surface area contributed by atoms with Crippen molar-refractivity contribution in [2.75, 3.05) is 13.1 Å². The van der Waals surface area contributed by atoms with Crippen molar-refractivity contribution in [3.8, 4) is 0 Å². The minimum atomic E-state index is -3.70. The van der Waals surface area contributed by atoms with Crippen LogP contribution in [0.3, 0.4) is 0 Å². The van der Waals surface area contributed by atoms with Crippen molar-refractivity contribution in [1.82, 2.24) is 19.1 Å². The highest BCUT2D eigenvalue weighted by molar-refractivity contribution is 7.89. The molecule has 1 aromatic carbocycles. The predicted molar refractivity (Wildman–Crippen MR) is 82.9 cm³/mol. The lowest BCUT2D eigenvalue weighted by Crippen LogP contribution is -2.39. The number of sulfonamides is 1. The van der Waals surface area contributed by atoms with Gasteiger partial charge in [0.2, 0.25) is 10.0 Å². The summed E-state index contributed by atoms with van der Waals surface area (Å²) in [5, 5.41) is 7.94. The zero-order chi connectivity index (χ0) is 16.6. The number of nitrogens with zero attached hydrogens (tertiary/aromatic N) is 4. The maximum atomic E-state index is 13.7. The summed E-state index contributed by atoms with van der Waals surface area (Å²) < 4.78 is 42.5. The Morgan fingerprint density at radius 2 is 2.13 bits per heavy atom. The molecule has 1 saturated heterocycles. The topological polar surface area (TPSA) is 68.1 Å². The molecule has 0 bridgehead atoms. The first-order valence-corrected chi connectivity index (χ1v) is 8.94. The van der Waals surface area contributed by atoms with Gasteiger partial charge in [0, 0.05) is 26.1 Å². The summed E-state index contributed by atoms with van der Waals surface area (Å²) in [5.41, 5.74) is 0.430. The van der Waals surface area contributed by atoms with Gasteiger partial charge < -0.3 is 4.57 Å². The third-order valence-electron chi connectivity index (χ3n) is 4.28. The smallest absolute Gasteiger partial charge is 0.243 e. The lowest BCUT2D eigenvalue weighted by molar-refractivity contribution is 0.306. The van der Waals surface area contributed by atoms with Gasteiger partial charge in [0.05, 0.1) is 4.90 Å². The van der Waals surface area contributed by atoms with Gasteiger partial charge in [0.25, 0.3) is 0 Å². The number of aromatic nitrogens is 3. The molecule has 124 valence electrons. The second-order valence-corrected chi connectivity index (χ2v) is 7.85. The Hall–Kier alpha value is -1.80. The highest BCUT2D eigenvalue weighted by Crippen LogP contribution is 2.29. The van der Waals surface area contributed by atoms with E-state index in [0.29, 0.717) is 18.7 Å². The quantitative estimate of drug-likeness (QED) is 0.856. The number of benzene rings is 1. The van der Waals surface area contributed by atoms with Crippen molar-refractivity contribution in [3.05, 3.63) is 41.7 Å². The van der Waals surface area contributed by atoms with Crippen molar-refractivity contribution < 1.29 is 12.8 Å². The van der Waals surface area contributed by atoms with Crippen LogP contribution in [-0.2, 0) is 17.1 Å². The summed E-state index contributed by atoms with van der Waals surface area (Å²) in [6.07, 6.45) is 3.21. The molecular weight excluding hydrogens is 319 g/mol. The van der Waals surface area contributed by atoms with Crippen LogP contribution < -0.4 is 0 Å². The summed E-state index contributed by atoms with van der Waals surface area (Å²) in [4.78, 5) is -0.000727. The van der Waals surface area contributed by atoms with Gasteiger partial charge in [-0.05, 0) is 37.5 Å². The molecule has 23 heavy (non-hydrogen) atoms. The van der Waals surface area contributed by atoms with E-state index in [4.69, 9.17) is 0 Å². The monoisotopic (exact) mass is 338 g/mol. The van der Waals surface area contributed by atoms with Crippen LogP contribution in [0.2, 0.25) is 0 Å². The van der Waals surface area contributed by atoms with Gasteiger partial charge in [-0.1, -0.05) is 6.07 Å². The fourth-order valence-corrected chi connectivity index (χ4v) is 4.45. The van der Waals surface area contributed by atoms with Crippen molar-refractivity contribution in [3.63, 3.8) is 0 Å². The number of hydrogen-bond donors (Lipinski definition) is 0. The van der Waals surface area contributed by atoms with Crippen molar-refractivity contribution in [2.45, 2.75) is 30.6 Å². The molecule has 2 heterocycles. The van der Waals surface area contributed by atoms with E-state index in [1.165, 1.54) is 16.4 Å². The van der Waals surface area contributed by atoms with E-state index in [9.17, 15) is 12.8 Å². The number of hydrogen-bond acceptors (Lipinski definition) is 4. The van der Waals surface area contributed by atoms with Crippen LogP contribution in [0.1, 0.15) is 30.1 Å². The molecule has 0 saturated carbocycles. The van der Waals surface area contributed by atoms with Crippen LogP contribution in [0.25, 0.3) is 0 Å². The first-order chi connectivity index (χ1) is 10.9. The van der Waals surface area contributed by atoms with E-state index < -0.39 is 15.8 Å². The molecule has 3 rings (SSSR count). The van der Waals surface area contributed by atoms with Crippen LogP contribution >= 0.6 is 0 Å². The standard InChI is InChI=1S/C15H19FN4O2S/c1-11-5-6-13(8-14(11)16)23(21,22)20-7-3-4-12(9-20)15-18-17-10-19(15)2/h5-6,8,10,12H,3-4,7,9H2,1-2H3. The SMILES string of the molecule is Cc1ccc(S(=O)(=O)N2CCCC(c3nncn3C)C2)cc1F. The maximum Gasteiger partial charge on any atom is 0.243 e. The van der Waals surface area contributed by atoms with Crippen LogP contribution in [0.15, 0.2) is 29.4 Å². The minimum absolute atomic E-state index is 0.000727. The molecular formula is C15H19FN4O2S. The fraction of sp³-hybridized carbons (Fsp3) is 0.467. The molecule has 0 spiro atoms. The van der Waals surface area contributed by atoms with E-state index in [-0.39, 0.29) is 10.8 Å². The molecule has 8 heteroatoms. The third kappa shape index (κ3) is 3.00. The van der Waals surface area contributed by atoms with Gasteiger partial charge >= 0.3 is 0 Å². The average Bonchev–Trinajstić information content (AvgIpc) is 2.96. The van der Waals surface area contributed by atoms with E-state index in [1.807, 2.05) is 11.6 Å². The van der Waals surface area contributed by atoms with Crippen molar-refractivity contribution in [2.24, 2.45) is 7.05 Å². The van der Waals surface area contributed by atoms with E-state index in [1.54, 1.807) is 13.3 Å². The highest BCUT2D eigenvalue weighted by atomic mass is 32.2. The van der Waals surface area contributed by atoms with Crippen LogP contribution in [0, 0.1) is 12.7 Å². The number of piperidine rings is 1. The molecule has 1 unspecified atom stereocenters. The Bertz CT molecular complexity index is 819. The first-order valence-electron chi connectivity index (χ1n) is 7.50. The Morgan fingerprint density at radius 3 is 2.78 bits per heavy atom. The van der Waals surface area contributed by atoms with E-state index in [2.05, 4.69) is 10.2 Å². The van der Waals surface area contributed by atoms with Gasteiger partial charge in [-0.15, -0.1) is 10.2 Å². The second kappa shape index (κ2) is 6.01. The van der Waals surface area contributed by atoms with Crippen LogP contribution in [0.5, 0.6) is 0 Å². The fourth-order valence-electron chi connectivity index (χ4n) is 2.92. The maximum absolute atomic E-state index is 13.7. The molecule has 6 nitrogen and oxygen atoms in total. The molecule has 1 fully saturated rings. The number of aryl methyl sites for hydroxylation is 2. The average molecular weight is 338 g/mol. The molecule has 0 N–H and O–H groups in total. The Kier molecular flexibility index (Phi) is 4.20. The molecule has 1 aromatic heterocycles. The third-order valence-corrected chi connectivity index (χ3v) is 6.14. The first kappa shape index (κ1) is 16.1. The minimum Gasteiger partial charge on any atom is -0.320 e. The lowest BCUT2D eigenvalue weighted by atomic mass is 9.99. The molecule has 0 radical (unpaired) electrons. The Labute approximate surface area is 135 Å². The normalized spacial score (nSPS) is 19.9. The Morgan fingerprint density at radius 1 is 1.35 bits per heavy atom. The molecule has 1 atom stereocenters. The lowest BCUT2D eigenvalue weighted by Gasteiger charge is -2.31. The van der Waals surface area contributed by atoms with Crippen LogP contribution in [0.4, 0.5) is 4.39 Å². The molecule has 1 aliphatic heterocycles. The largest absolute Gasteiger partial charge is 0.320 e. The van der Waals surface area contributed by atoms with Gasteiger partial charge in [0.15, 0.2) is 0 Å². The summed E-state index contributed by atoms with van der Waals surface area (Å²) in [6.45, 7) is 2.38. The van der Waals surface area contributed by atoms with Gasteiger partial charge in [0.1, 0.15) is 18.0 Å². The summed E-state index contributed by atoms with van der Waals surface area (Å²) in [5.74, 6) is 0.272. The Balaban J connectivity index is 1.88. The van der Waals surface area contributed by atoms with Gasteiger partial charge in [-0.2, -0.15) is 4.31 Å². The van der Waals surface area contributed by atoms with E-state index >= 15 is 0 Å². The van der Waals surface area contributed by atoms with Crippen LogP contribution in [-0.4, -0.2) is 40.6 Å². The molecule has 1 aliphatic rings. The van der Waals surface area contributed by atoms with Gasteiger partial charge in [-0.3, -0.25) is 0 Å². The number of rotatable bonds is 3. The highest BCUT2D eigenvalue weighted by Gasteiger charge is 2.32. The van der Waals surface area contributed by atoms with Gasteiger partial charge in [-0.25, -0.2) is 12.8 Å². The zero-order valence-corrected chi connectivity index (χ0v) is 13.9. The second-order valence-electron chi connectivity index (χ2n) is 5.91. The van der Waals surface area contributed by atoms with Crippen molar-refractivity contribution >= 4 is 10.0 Å². The van der Waals surface area contributed by atoms with E-state index in [0.717, 1.165) is 24.7 Å². The molecule has 0 aliphatic carbocycles. The van der Waals surface area contributed by atoms with Crippen molar-refractivity contribution in [1.29, 1.82) is 0 Å². The zero-order valence-electron chi connectivity index (χ0n) is 13.1.